The van der Waals surface area contributed by atoms with E-state index in [1.165, 1.54) is 77.2 Å². The van der Waals surface area contributed by atoms with Gasteiger partial charge in [0.05, 0.1) is 33.4 Å². The number of nitrogens with zero attached hydrogens (tertiary/aromatic N) is 4. The zero-order valence-electron chi connectivity index (χ0n) is 29.1. The van der Waals surface area contributed by atoms with Crippen molar-refractivity contribution in [3.05, 3.63) is 168 Å². The standard InChI is InChI=1S/C47H36N4/c1-46(2)35-19-7-10-24-41(35)50(30-15-11-14-29(26-30)49-39-22-8-5-16-31(39)32-17-6-9-23-40(32)49)43-28-42-34(27-38(43)46)33-18-12-20-36-44(33)51(42)45-37(47(36,3)4)21-13-25-48-45/h5-28H,1-4H3. The second kappa shape index (κ2) is 9.76. The number of anilines is 3. The minimum Gasteiger partial charge on any atom is -0.310 e. The Morgan fingerprint density at radius 1 is 0.431 bits per heavy atom. The van der Waals surface area contributed by atoms with E-state index in [0.29, 0.717) is 0 Å². The summed E-state index contributed by atoms with van der Waals surface area (Å²) in [6.45, 7) is 9.43. The smallest absolute Gasteiger partial charge is 0.141 e. The highest BCUT2D eigenvalue weighted by molar-refractivity contribution is 6.13. The van der Waals surface area contributed by atoms with Crippen LogP contribution in [0.2, 0.25) is 0 Å². The second-order valence-corrected chi connectivity index (χ2v) is 15.3. The number of rotatable bonds is 2. The first-order valence-electron chi connectivity index (χ1n) is 17.9. The molecule has 0 spiro atoms. The van der Waals surface area contributed by atoms with Crippen molar-refractivity contribution in [2.75, 3.05) is 4.90 Å². The van der Waals surface area contributed by atoms with Crippen LogP contribution in [0.25, 0.3) is 55.1 Å². The van der Waals surface area contributed by atoms with E-state index in [2.05, 4.69) is 181 Å². The Labute approximate surface area is 296 Å². The van der Waals surface area contributed by atoms with Gasteiger partial charge in [-0.2, -0.15) is 0 Å². The normalized spacial score (nSPS) is 15.3. The predicted molar refractivity (Wildman–Crippen MR) is 212 cm³/mol. The topological polar surface area (TPSA) is 26.0 Å². The third-order valence-corrected chi connectivity index (χ3v) is 11.9. The molecule has 0 saturated heterocycles. The van der Waals surface area contributed by atoms with Crippen LogP contribution in [0.4, 0.5) is 17.1 Å². The van der Waals surface area contributed by atoms with Crippen LogP contribution in [-0.4, -0.2) is 14.1 Å². The van der Waals surface area contributed by atoms with Crippen molar-refractivity contribution >= 4 is 60.7 Å². The molecule has 2 aliphatic heterocycles. The molecule has 11 rings (SSSR count). The van der Waals surface area contributed by atoms with E-state index in [-0.39, 0.29) is 10.8 Å². The Kier molecular flexibility index (Phi) is 5.49. The third kappa shape index (κ3) is 3.61. The summed E-state index contributed by atoms with van der Waals surface area (Å²) in [6.07, 6.45) is 1.94. The van der Waals surface area contributed by atoms with Gasteiger partial charge in [-0.3, -0.25) is 4.57 Å². The third-order valence-electron chi connectivity index (χ3n) is 11.9. The molecule has 0 amide bonds. The monoisotopic (exact) mass is 656 g/mol. The molecule has 0 bridgehead atoms. The Bertz CT molecular complexity index is 2880. The maximum atomic E-state index is 5.05. The molecule has 0 aliphatic carbocycles. The average molecular weight is 657 g/mol. The highest BCUT2D eigenvalue weighted by Crippen LogP contribution is 2.55. The minimum absolute atomic E-state index is 0.165. The number of aromatic nitrogens is 3. The number of hydrogen-bond donors (Lipinski definition) is 0. The van der Waals surface area contributed by atoms with Crippen LogP contribution >= 0.6 is 0 Å². The zero-order chi connectivity index (χ0) is 34.2. The van der Waals surface area contributed by atoms with Gasteiger partial charge >= 0.3 is 0 Å². The first-order valence-corrected chi connectivity index (χ1v) is 17.9. The number of para-hydroxylation sites is 4. The van der Waals surface area contributed by atoms with Gasteiger partial charge in [-0.05, 0) is 71.3 Å². The van der Waals surface area contributed by atoms with E-state index >= 15 is 0 Å². The first kappa shape index (κ1) is 28.7. The van der Waals surface area contributed by atoms with Gasteiger partial charge in [-0.1, -0.05) is 113 Å². The van der Waals surface area contributed by atoms with Crippen LogP contribution in [0, 0.1) is 0 Å². The zero-order valence-corrected chi connectivity index (χ0v) is 29.1. The lowest BCUT2D eigenvalue weighted by molar-refractivity contribution is 0.624. The lowest BCUT2D eigenvalue weighted by Gasteiger charge is -2.42. The number of pyridine rings is 1. The molecule has 0 saturated carbocycles. The van der Waals surface area contributed by atoms with Crippen LogP contribution in [0.1, 0.15) is 49.9 Å². The summed E-state index contributed by atoms with van der Waals surface area (Å²) >= 11 is 0. The largest absolute Gasteiger partial charge is 0.310 e. The molecule has 2 aliphatic rings. The molecule has 4 heteroatoms. The van der Waals surface area contributed by atoms with E-state index in [1.807, 2.05) is 6.20 Å². The molecule has 0 N–H and O–H groups in total. The van der Waals surface area contributed by atoms with E-state index < -0.39 is 0 Å². The van der Waals surface area contributed by atoms with E-state index in [9.17, 15) is 0 Å². The maximum absolute atomic E-state index is 5.05. The predicted octanol–water partition coefficient (Wildman–Crippen LogP) is 12.0. The van der Waals surface area contributed by atoms with Gasteiger partial charge in [0.1, 0.15) is 5.82 Å². The van der Waals surface area contributed by atoms with Gasteiger partial charge in [0.25, 0.3) is 0 Å². The molecule has 0 fully saturated rings. The van der Waals surface area contributed by atoms with Crippen molar-refractivity contribution in [2.24, 2.45) is 0 Å². The molecule has 244 valence electrons. The Morgan fingerprint density at radius 2 is 1.06 bits per heavy atom. The number of hydrogen-bond acceptors (Lipinski definition) is 2. The van der Waals surface area contributed by atoms with E-state index in [0.717, 1.165) is 17.2 Å². The molecule has 9 aromatic rings. The SMILES string of the molecule is CC1(C)c2ccccc2N(c2cccc(-n3c4ccccc4c4ccccc43)c2)c2cc3c(cc21)c1cccc2c1n3-c1ncccc1C2(C)C. The molecule has 5 heterocycles. The summed E-state index contributed by atoms with van der Waals surface area (Å²) in [5, 5.41) is 5.08. The quantitative estimate of drug-likeness (QED) is 0.185. The molecule has 0 unspecified atom stereocenters. The van der Waals surface area contributed by atoms with Crippen LogP contribution in [0.3, 0.4) is 0 Å². The minimum atomic E-state index is -0.220. The summed E-state index contributed by atoms with van der Waals surface area (Å²) in [7, 11) is 0. The van der Waals surface area contributed by atoms with Crippen LogP contribution in [0.5, 0.6) is 0 Å². The lowest BCUT2D eigenvalue weighted by atomic mass is 9.73. The van der Waals surface area contributed by atoms with Crippen molar-refractivity contribution in [1.29, 1.82) is 0 Å². The summed E-state index contributed by atoms with van der Waals surface area (Å²) in [6, 6.07) is 51.6. The van der Waals surface area contributed by atoms with Gasteiger partial charge in [0.15, 0.2) is 0 Å². The van der Waals surface area contributed by atoms with E-state index in [1.54, 1.807) is 0 Å². The van der Waals surface area contributed by atoms with Gasteiger partial charge < -0.3 is 9.47 Å². The van der Waals surface area contributed by atoms with Crippen molar-refractivity contribution in [1.82, 2.24) is 14.1 Å². The van der Waals surface area contributed by atoms with Crippen molar-refractivity contribution < 1.29 is 0 Å². The fourth-order valence-corrected chi connectivity index (χ4v) is 9.44. The molecule has 3 aromatic heterocycles. The summed E-state index contributed by atoms with van der Waals surface area (Å²) in [5.74, 6) is 1.02. The van der Waals surface area contributed by atoms with Gasteiger partial charge in [-0.15, -0.1) is 0 Å². The molecule has 6 aromatic carbocycles. The van der Waals surface area contributed by atoms with Gasteiger partial charge in [0, 0.05) is 55.5 Å². The summed E-state index contributed by atoms with van der Waals surface area (Å²) in [5.41, 5.74) is 14.4. The highest BCUT2D eigenvalue weighted by Gasteiger charge is 2.40. The highest BCUT2D eigenvalue weighted by atomic mass is 15.2. The van der Waals surface area contributed by atoms with Crippen molar-refractivity contribution in [3.63, 3.8) is 0 Å². The van der Waals surface area contributed by atoms with E-state index in [4.69, 9.17) is 4.98 Å². The molecular formula is C47H36N4. The van der Waals surface area contributed by atoms with Crippen LogP contribution < -0.4 is 4.90 Å². The Hall–Kier alpha value is -6.13. The number of benzene rings is 6. The van der Waals surface area contributed by atoms with Crippen molar-refractivity contribution in [3.8, 4) is 11.5 Å². The Morgan fingerprint density at radius 3 is 1.86 bits per heavy atom. The Balaban J connectivity index is 1.22. The van der Waals surface area contributed by atoms with Crippen molar-refractivity contribution in [2.45, 2.75) is 38.5 Å². The second-order valence-electron chi connectivity index (χ2n) is 15.3. The average Bonchev–Trinajstić information content (AvgIpc) is 3.67. The summed E-state index contributed by atoms with van der Waals surface area (Å²) < 4.78 is 4.84. The van der Waals surface area contributed by atoms with Gasteiger partial charge in [0.2, 0.25) is 0 Å². The summed E-state index contributed by atoms with van der Waals surface area (Å²) in [4.78, 5) is 7.54. The molecule has 0 atom stereocenters. The van der Waals surface area contributed by atoms with Crippen LogP contribution in [-0.2, 0) is 10.8 Å². The number of fused-ring (bicyclic) bond motifs is 10. The fourth-order valence-electron chi connectivity index (χ4n) is 9.44. The molecule has 4 nitrogen and oxygen atoms in total. The maximum Gasteiger partial charge on any atom is 0.141 e. The fraction of sp³-hybridized carbons (Fsp3) is 0.128. The van der Waals surface area contributed by atoms with Gasteiger partial charge in [-0.25, -0.2) is 4.98 Å². The first-order chi connectivity index (χ1) is 24.8. The molecule has 51 heavy (non-hydrogen) atoms. The molecule has 0 radical (unpaired) electrons. The lowest BCUT2D eigenvalue weighted by Crippen LogP contribution is -2.30. The molecular weight excluding hydrogens is 621 g/mol. The van der Waals surface area contributed by atoms with Crippen LogP contribution in [0.15, 0.2) is 146 Å².